The zero-order chi connectivity index (χ0) is 13.2. The number of rotatable bonds is 9. The lowest BCUT2D eigenvalue weighted by Crippen LogP contribution is -2.16. The van der Waals surface area contributed by atoms with Gasteiger partial charge in [0.15, 0.2) is 0 Å². The quantitative estimate of drug-likeness (QED) is 0.662. The molecule has 1 unspecified atom stereocenters. The second-order valence-electron chi connectivity index (χ2n) is 4.30. The summed E-state index contributed by atoms with van der Waals surface area (Å²) in [6.45, 7) is 3.08. The first kappa shape index (κ1) is 14.9. The maximum absolute atomic E-state index is 8.66. The number of hydrogen-bond acceptors (Lipinski definition) is 4. The number of pyridine rings is 1. The summed E-state index contributed by atoms with van der Waals surface area (Å²) in [6.07, 6.45) is 5.61. The molecule has 102 valence electrons. The topological polar surface area (TPSA) is 54.4 Å². The van der Waals surface area contributed by atoms with E-state index >= 15 is 0 Å². The molecule has 4 heteroatoms. The van der Waals surface area contributed by atoms with Crippen molar-refractivity contribution in [3.05, 3.63) is 24.0 Å². The van der Waals surface area contributed by atoms with Crippen molar-refractivity contribution in [2.75, 3.05) is 20.3 Å². The second-order valence-corrected chi connectivity index (χ2v) is 4.30. The summed E-state index contributed by atoms with van der Waals surface area (Å²) >= 11 is 0. The highest BCUT2D eigenvalue weighted by atomic mass is 16.5. The summed E-state index contributed by atoms with van der Waals surface area (Å²) in [4.78, 5) is 4.41. The molecule has 0 aliphatic carbocycles. The van der Waals surface area contributed by atoms with E-state index in [1.165, 1.54) is 0 Å². The molecule has 1 atom stereocenters. The maximum Gasteiger partial charge on any atom is 0.137 e. The van der Waals surface area contributed by atoms with Gasteiger partial charge < -0.3 is 15.2 Å². The molecule has 0 saturated carbocycles. The molecule has 1 rings (SSSR count). The Morgan fingerprint density at radius 3 is 2.72 bits per heavy atom. The average molecular weight is 252 g/mol. The monoisotopic (exact) mass is 252 g/mol. The number of nitrogens with one attached hydrogen (secondary N) is 1. The van der Waals surface area contributed by atoms with Crippen molar-refractivity contribution in [1.82, 2.24) is 10.3 Å². The van der Waals surface area contributed by atoms with Crippen LogP contribution in [0.3, 0.4) is 0 Å². The smallest absolute Gasteiger partial charge is 0.137 e. The van der Waals surface area contributed by atoms with Gasteiger partial charge in [-0.05, 0) is 44.9 Å². The minimum atomic E-state index is 0.263. The van der Waals surface area contributed by atoms with Gasteiger partial charge in [-0.25, -0.2) is 0 Å². The van der Waals surface area contributed by atoms with Gasteiger partial charge in [-0.15, -0.1) is 0 Å². The number of aliphatic hydroxyl groups excluding tert-OH is 1. The lowest BCUT2D eigenvalue weighted by Gasteiger charge is -2.13. The van der Waals surface area contributed by atoms with Crippen LogP contribution in [0.5, 0.6) is 5.75 Å². The predicted octanol–water partition coefficient (Wildman–Crippen LogP) is 2.29. The lowest BCUT2D eigenvalue weighted by molar-refractivity contribution is 0.265. The summed E-state index contributed by atoms with van der Waals surface area (Å²) in [5, 5.41) is 11.9. The van der Waals surface area contributed by atoms with E-state index in [0.29, 0.717) is 12.6 Å². The Bertz CT molecular complexity index is 310. The molecule has 0 amide bonds. The largest absolute Gasteiger partial charge is 0.492 e. The highest BCUT2D eigenvalue weighted by molar-refractivity contribution is 5.21. The fourth-order valence-electron chi connectivity index (χ4n) is 1.83. The van der Waals surface area contributed by atoms with E-state index in [1.54, 1.807) is 6.20 Å². The third-order valence-electron chi connectivity index (χ3n) is 2.94. The van der Waals surface area contributed by atoms with Gasteiger partial charge in [0.2, 0.25) is 0 Å². The molecule has 1 heterocycles. The van der Waals surface area contributed by atoms with E-state index in [-0.39, 0.29) is 6.61 Å². The lowest BCUT2D eigenvalue weighted by atomic mass is 10.1. The van der Waals surface area contributed by atoms with Crippen LogP contribution in [-0.4, -0.2) is 30.4 Å². The summed E-state index contributed by atoms with van der Waals surface area (Å²) in [7, 11) is 1.95. The van der Waals surface area contributed by atoms with Crippen LogP contribution in [-0.2, 0) is 0 Å². The van der Waals surface area contributed by atoms with Crippen LogP contribution < -0.4 is 10.1 Å². The summed E-state index contributed by atoms with van der Waals surface area (Å²) < 4.78 is 5.59. The normalized spacial score (nSPS) is 12.4. The predicted molar refractivity (Wildman–Crippen MR) is 72.8 cm³/mol. The van der Waals surface area contributed by atoms with Crippen molar-refractivity contribution in [1.29, 1.82) is 0 Å². The highest BCUT2D eigenvalue weighted by Crippen LogP contribution is 2.17. The molecule has 1 aromatic heterocycles. The van der Waals surface area contributed by atoms with Gasteiger partial charge >= 0.3 is 0 Å². The number of nitrogens with zero attached hydrogens (tertiary/aromatic N) is 1. The van der Waals surface area contributed by atoms with Crippen LogP contribution >= 0.6 is 0 Å². The molecule has 18 heavy (non-hydrogen) atoms. The Morgan fingerprint density at radius 2 is 2.17 bits per heavy atom. The van der Waals surface area contributed by atoms with Crippen LogP contribution in [0.25, 0.3) is 0 Å². The van der Waals surface area contributed by atoms with Gasteiger partial charge in [0.25, 0.3) is 0 Å². The van der Waals surface area contributed by atoms with E-state index in [9.17, 15) is 0 Å². The minimum absolute atomic E-state index is 0.263. The Kier molecular flexibility index (Phi) is 7.37. The van der Waals surface area contributed by atoms with E-state index in [2.05, 4.69) is 17.2 Å². The van der Waals surface area contributed by atoms with E-state index in [0.717, 1.165) is 37.1 Å². The van der Waals surface area contributed by atoms with Gasteiger partial charge in [-0.1, -0.05) is 6.92 Å². The van der Waals surface area contributed by atoms with Crippen LogP contribution in [0.4, 0.5) is 0 Å². The van der Waals surface area contributed by atoms with E-state index in [4.69, 9.17) is 9.84 Å². The molecule has 0 aliphatic rings. The SMILES string of the molecule is CCC(NC)c1ccc(OCCCCCO)cn1. The van der Waals surface area contributed by atoms with Crippen molar-refractivity contribution >= 4 is 0 Å². The van der Waals surface area contributed by atoms with Crippen molar-refractivity contribution < 1.29 is 9.84 Å². The molecule has 2 N–H and O–H groups in total. The third-order valence-corrected chi connectivity index (χ3v) is 2.94. The number of aliphatic hydroxyl groups is 1. The maximum atomic E-state index is 8.66. The standard InChI is InChI=1S/C14H24N2O2/c1-3-13(15-2)14-8-7-12(11-16-14)18-10-6-4-5-9-17/h7-8,11,13,15,17H,3-6,9-10H2,1-2H3. The Balaban J connectivity index is 2.35. The van der Waals surface area contributed by atoms with Gasteiger partial charge in [0.1, 0.15) is 5.75 Å². The van der Waals surface area contributed by atoms with Gasteiger partial charge in [-0.2, -0.15) is 0 Å². The summed E-state index contributed by atoms with van der Waals surface area (Å²) in [5.41, 5.74) is 1.05. The molecular weight excluding hydrogens is 228 g/mol. The minimum Gasteiger partial charge on any atom is -0.492 e. The third kappa shape index (κ3) is 5.02. The van der Waals surface area contributed by atoms with Crippen LogP contribution in [0.2, 0.25) is 0 Å². The number of hydrogen-bond donors (Lipinski definition) is 2. The van der Waals surface area contributed by atoms with Crippen LogP contribution in [0, 0.1) is 0 Å². The zero-order valence-corrected chi connectivity index (χ0v) is 11.4. The molecule has 0 saturated heterocycles. The molecule has 0 aliphatic heterocycles. The summed E-state index contributed by atoms with van der Waals surface area (Å²) in [6, 6.07) is 4.28. The first-order valence-corrected chi connectivity index (χ1v) is 6.68. The van der Waals surface area contributed by atoms with Gasteiger partial charge in [-0.3, -0.25) is 4.98 Å². The first-order chi connectivity index (χ1) is 8.81. The zero-order valence-electron chi connectivity index (χ0n) is 11.4. The van der Waals surface area contributed by atoms with Crippen molar-refractivity contribution in [3.8, 4) is 5.75 Å². The Morgan fingerprint density at radius 1 is 1.33 bits per heavy atom. The molecule has 0 fully saturated rings. The molecule has 0 spiro atoms. The Hall–Kier alpha value is -1.13. The van der Waals surface area contributed by atoms with Crippen molar-refractivity contribution in [2.45, 2.75) is 38.6 Å². The van der Waals surface area contributed by atoms with E-state index < -0.39 is 0 Å². The molecular formula is C14H24N2O2. The van der Waals surface area contributed by atoms with Gasteiger partial charge in [0.05, 0.1) is 18.5 Å². The van der Waals surface area contributed by atoms with Crippen molar-refractivity contribution in [3.63, 3.8) is 0 Å². The average Bonchev–Trinajstić information content (AvgIpc) is 2.41. The van der Waals surface area contributed by atoms with E-state index in [1.807, 2.05) is 19.2 Å². The second kappa shape index (κ2) is 8.89. The Labute approximate surface area is 109 Å². The molecule has 4 nitrogen and oxygen atoms in total. The van der Waals surface area contributed by atoms with Crippen LogP contribution in [0.1, 0.15) is 44.3 Å². The van der Waals surface area contributed by atoms with Gasteiger partial charge in [0, 0.05) is 12.6 Å². The fraction of sp³-hybridized carbons (Fsp3) is 0.643. The summed E-state index contributed by atoms with van der Waals surface area (Å²) in [5.74, 6) is 0.814. The fourth-order valence-corrected chi connectivity index (χ4v) is 1.83. The molecule has 0 radical (unpaired) electrons. The number of aromatic nitrogens is 1. The number of unbranched alkanes of at least 4 members (excludes halogenated alkanes) is 2. The van der Waals surface area contributed by atoms with Crippen molar-refractivity contribution in [2.24, 2.45) is 0 Å². The number of ether oxygens (including phenoxy) is 1. The first-order valence-electron chi connectivity index (χ1n) is 6.68. The van der Waals surface area contributed by atoms with Crippen LogP contribution in [0.15, 0.2) is 18.3 Å². The molecule has 0 aromatic carbocycles. The highest BCUT2D eigenvalue weighted by Gasteiger charge is 2.07. The molecule has 0 bridgehead atoms. The molecule has 1 aromatic rings.